The first kappa shape index (κ1) is 14.9. The second-order valence-corrected chi connectivity index (χ2v) is 6.73. The van der Waals surface area contributed by atoms with E-state index in [1.807, 2.05) is 0 Å². The van der Waals surface area contributed by atoms with Crippen LogP contribution in [0.3, 0.4) is 0 Å². The SMILES string of the molecule is CC(C)Cc1[nH]c(N2CCN(C)CC2)nc(=S)c1Br. The van der Waals surface area contributed by atoms with E-state index in [-0.39, 0.29) is 0 Å². The van der Waals surface area contributed by atoms with Crippen LogP contribution >= 0.6 is 28.1 Å². The van der Waals surface area contributed by atoms with Crippen LogP contribution in [0.2, 0.25) is 0 Å². The predicted molar refractivity (Wildman–Crippen MR) is 85.4 cm³/mol. The van der Waals surface area contributed by atoms with Gasteiger partial charge >= 0.3 is 0 Å². The zero-order valence-corrected chi connectivity index (χ0v) is 14.1. The van der Waals surface area contributed by atoms with Gasteiger partial charge in [-0.2, -0.15) is 0 Å². The lowest BCUT2D eigenvalue weighted by atomic mass is 10.1. The van der Waals surface area contributed by atoms with Crippen molar-refractivity contribution in [2.24, 2.45) is 5.92 Å². The summed E-state index contributed by atoms with van der Waals surface area (Å²) in [5, 5.41) is 0. The average molecular weight is 345 g/mol. The van der Waals surface area contributed by atoms with Crippen LogP contribution in [-0.2, 0) is 6.42 Å². The summed E-state index contributed by atoms with van der Waals surface area (Å²) >= 11 is 8.91. The molecule has 0 unspecified atom stereocenters. The zero-order chi connectivity index (χ0) is 14.0. The molecule has 2 rings (SSSR count). The van der Waals surface area contributed by atoms with Crippen molar-refractivity contribution in [1.82, 2.24) is 14.9 Å². The summed E-state index contributed by atoms with van der Waals surface area (Å²) in [6.45, 7) is 8.54. The van der Waals surface area contributed by atoms with Crippen molar-refractivity contribution in [3.63, 3.8) is 0 Å². The van der Waals surface area contributed by atoms with E-state index in [1.54, 1.807) is 0 Å². The molecule has 1 fully saturated rings. The van der Waals surface area contributed by atoms with Gasteiger partial charge in [-0.15, -0.1) is 0 Å². The molecule has 19 heavy (non-hydrogen) atoms. The number of rotatable bonds is 3. The van der Waals surface area contributed by atoms with Gasteiger partial charge in [0, 0.05) is 31.9 Å². The molecule has 0 atom stereocenters. The van der Waals surface area contributed by atoms with Gasteiger partial charge in [0.1, 0.15) is 4.64 Å². The Bertz CT molecular complexity index is 492. The maximum absolute atomic E-state index is 5.36. The lowest BCUT2D eigenvalue weighted by molar-refractivity contribution is 0.311. The minimum absolute atomic E-state index is 0.588. The van der Waals surface area contributed by atoms with Crippen LogP contribution in [0.1, 0.15) is 19.5 Å². The summed E-state index contributed by atoms with van der Waals surface area (Å²) in [7, 11) is 2.15. The number of hydrogen-bond acceptors (Lipinski definition) is 4. The highest BCUT2D eigenvalue weighted by Crippen LogP contribution is 2.22. The van der Waals surface area contributed by atoms with Crippen LogP contribution in [0.4, 0.5) is 5.95 Å². The summed E-state index contributed by atoms with van der Waals surface area (Å²) in [4.78, 5) is 12.6. The van der Waals surface area contributed by atoms with Gasteiger partial charge in [0.25, 0.3) is 0 Å². The molecule has 4 nitrogen and oxygen atoms in total. The largest absolute Gasteiger partial charge is 0.340 e. The third kappa shape index (κ3) is 3.77. The van der Waals surface area contributed by atoms with Crippen LogP contribution in [0, 0.1) is 10.6 Å². The predicted octanol–water partition coefficient (Wildman–Crippen LogP) is 2.85. The van der Waals surface area contributed by atoms with Gasteiger partial charge in [0.05, 0.1) is 4.47 Å². The molecule has 0 saturated carbocycles. The van der Waals surface area contributed by atoms with Gasteiger partial charge in [-0.3, -0.25) is 0 Å². The highest BCUT2D eigenvalue weighted by atomic mass is 79.9. The molecule has 0 aromatic carbocycles. The summed E-state index contributed by atoms with van der Waals surface area (Å²) in [6.07, 6.45) is 0.980. The Hall–Kier alpha value is -0.460. The van der Waals surface area contributed by atoms with Crippen LogP contribution in [-0.4, -0.2) is 48.1 Å². The minimum atomic E-state index is 0.588. The van der Waals surface area contributed by atoms with Crippen LogP contribution in [0.25, 0.3) is 0 Å². The zero-order valence-electron chi connectivity index (χ0n) is 11.7. The van der Waals surface area contributed by atoms with E-state index in [0.717, 1.165) is 48.7 Å². The molecule has 0 spiro atoms. The first-order valence-corrected chi connectivity index (χ1v) is 7.89. The standard InChI is InChI=1S/C13H21BrN4S/c1-9(2)8-10-11(14)12(19)16-13(15-10)18-6-4-17(3)5-7-18/h9H,4-8H2,1-3H3,(H,15,16,19). The van der Waals surface area contributed by atoms with E-state index < -0.39 is 0 Å². The fourth-order valence-electron chi connectivity index (χ4n) is 2.21. The van der Waals surface area contributed by atoms with Crippen molar-refractivity contribution in [1.29, 1.82) is 0 Å². The maximum Gasteiger partial charge on any atom is 0.204 e. The van der Waals surface area contributed by atoms with E-state index >= 15 is 0 Å². The number of H-pyrrole nitrogens is 1. The summed E-state index contributed by atoms with van der Waals surface area (Å²) in [5.41, 5.74) is 1.16. The lowest BCUT2D eigenvalue weighted by Gasteiger charge is -2.33. The number of hydrogen-bond donors (Lipinski definition) is 1. The molecule has 2 heterocycles. The van der Waals surface area contributed by atoms with Gasteiger partial charge in [-0.25, -0.2) is 4.98 Å². The number of aromatic nitrogens is 2. The Kier molecular flexibility index (Phi) is 4.97. The van der Waals surface area contributed by atoms with E-state index in [1.165, 1.54) is 0 Å². The fourth-order valence-corrected chi connectivity index (χ4v) is 2.77. The Morgan fingerprint density at radius 2 is 1.95 bits per heavy atom. The molecular weight excluding hydrogens is 324 g/mol. The van der Waals surface area contributed by atoms with E-state index in [4.69, 9.17) is 12.2 Å². The van der Waals surface area contributed by atoms with Gasteiger partial charge in [0.2, 0.25) is 5.95 Å². The molecule has 106 valence electrons. The number of likely N-dealkylation sites (N-methyl/N-ethyl adjacent to an activating group) is 1. The first-order chi connectivity index (χ1) is 8.97. The van der Waals surface area contributed by atoms with Gasteiger partial charge < -0.3 is 14.8 Å². The maximum atomic E-state index is 5.36. The Morgan fingerprint density at radius 3 is 2.53 bits per heavy atom. The van der Waals surface area contributed by atoms with Crippen molar-refractivity contribution >= 4 is 34.1 Å². The molecule has 0 bridgehead atoms. The van der Waals surface area contributed by atoms with Crippen molar-refractivity contribution in [3.05, 3.63) is 14.8 Å². The van der Waals surface area contributed by atoms with E-state index in [0.29, 0.717) is 10.6 Å². The number of halogens is 1. The van der Waals surface area contributed by atoms with Crippen LogP contribution in [0.15, 0.2) is 4.47 Å². The number of nitrogens with one attached hydrogen (secondary N) is 1. The highest BCUT2D eigenvalue weighted by molar-refractivity contribution is 9.10. The molecule has 1 saturated heterocycles. The van der Waals surface area contributed by atoms with Crippen molar-refractivity contribution in [2.75, 3.05) is 38.1 Å². The van der Waals surface area contributed by atoms with Crippen molar-refractivity contribution in [2.45, 2.75) is 20.3 Å². The monoisotopic (exact) mass is 344 g/mol. The molecular formula is C13H21BrN4S. The summed E-state index contributed by atoms with van der Waals surface area (Å²) in [6, 6.07) is 0. The lowest BCUT2D eigenvalue weighted by Crippen LogP contribution is -2.45. The highest BCUT2D eigenvalue weighted by Gasteiger charge is 2.17. The Morgan fingerprint density at radius 1 is 1.32 bits per heavy atom. The summed E-state index contributed by atoms with van der Waals surface area (Å²) in [5.74, 6) is 1.50. The van der Waals surface area contributed by atoms with Crippen molar-refractivity contribution in [3.8, 4) is 0 Å². The average Bonchev–Trinajstić information content (AvgIpc) is 2.35. The van der Waals surface area contributed by atoms with Crippen LogP contribution < -0.4 is 4.90 Å². The fraction of sp³-hybridized carbons (Fsp3) is 0.692. The minimum Gasteiger partial charge on any atom is -0.340 e. The van der Waals surface area contributed by atoms with E-state index in [2.05, 4.69) is 56.6 Å². The molecule has 0 amide bonds. The first-order valence-electron chi connectivity index (χ1n) is 6.69. The smallest absolute Gasteiger partial charge is 0.204 e. The normalized spacial score (nSPS) is 17.2. The Balaban J connectivity index is 2.26. The number of nitrogens with zero attached hydrogens (tertiary/aromatic N) is 3. The summed E-state index contributed by atoms with van der Waals surface area (Å²) < 4.78 is 1.59. The second kappa shape index (κ2) is 6.33. The van der Waals surface area contributed by atoms with Gasteiger partial charge in [0.15, 0.2) is 0 Å². The molecule has 1 N–H and O–H groups in total. The number of piperazine rings is 1. The van der Waals surface area contributed by atoms with Gasteiger partial charge in [-0.1, -0.05) is 26.1 Å². The Labute approximate surface area is 128 Å². The second-order valence-electron chi connectivity index (χ2n) is 5.55. The molecule has 0 radical (unpaired) electrons. The molecule has 0 aliphatic carbocycles. The quantitative estimate of drug-likeness (QED) is 0.855. The topological polar surface area (TPSA) is 35.2 Å². The molecule has 1 aromatic heterocycles. The van der Waals surface area contributed by atoms with Gasteiger partial charge in [-0.05, 0) is 35.3 Å². The molecule has 6 heteroatoms. The third-order valence-electron chi connectivity index (χ3n) is 3.34. The number of anilines is 1. The molecule has 1 aromatic rings. The van der Waals surface area contributed by atoms with Crippen molar-refractivity contribution < 1.29 is 0 Å². The molecule has 1 aliphatic rings. The van der Waals surface area contributed by atoms with E-state index in [9.17, 15) is 0 Å². The van der Waals surface area contributed by atoms with Crippen LogP contribution in [0.5, 0.6) is 0 Å². The number of aromatic amines is 1. The molecule has 1 aliphatic heterocycles. The third-order valence-corrected chi connectivity index (χ3v) is 4.75.